The first-order chi connectivity index (χ1) is 5.33. The number of aliphatic hydroxyl groups is 2. The zero-order valence-corrected chi connectivity index (χ0v) is 6.45. The summed E-state index contributed by atoms with van der Waals surface area (Å²) in [6.45, 7) is 1.09. The average Bonchev–Trinajstić information content (AvgIpc) is 2.52. The molecule has 0 radical (unpaired) electrons. The Balaban J connectivity index is 2.11. The Morgan fingerprint density at radius 1 is 1.64 bits per heavy atom. The van der Waals surface area contributed by atoms with Crippen LogP contribution >= 0.6 is 0 Å². The summed E-state index contributed by atoms with van der Waals surface area (Å²) in [5.41, 5.74) is 0. The van der Waals surface area contributed by atoms with Crippen molar-refractivity contribution in [2.24, 2.45) is 4.99 Å². The standard InChI is InChI=1S/C7H14N2O2/c10-5-6(11)4-9-7-2-1-3-8-7/h6,10-11H,1-5H2,(H,8,9). The van der Waals surface area contributed by atoms with Gasteiger partial charge in [0.1, 0.15) is 0 Å². The highest BCUT2D eigenvalue weighted by molar-refractivity contribution is 5.83. The van der Waals surface area contributed by atoms with Crippen LogP contribution in [0.3, 0.4) is 0 Å². The van der Waals surface area contributed by atoms with Crippen LogP contribution in [-0.4, -0.2) is 41.8 Å². The lowest BCUT2D eigenvalue weighted by molar-refractivity contribution is 0.0982. The molecule has 1 aliphatic rings. The lowest BCUT2D eigenvalue weighted by Crippen LogP contribution is -2.32. The minimum atomic E-state index is -0.668. The molecule has 1 aliphatic heterocycles. The predicted molar refractivity (Wildman–Crippen MR) is 42.6 cm³/mol. The van der Waals surface area contributed by atoms with E-state index in [4.69, 9.17) is 10.2 Å². The molecule has 1 heterocycles. The van der Waals surface area contributed by atoms with Crippen LogP contribution in [0.1, 0.15) is 12.8 Å². The topological polar surface area (TPSA) is 64.8 Å². The van der Waals surface area contributed by atoms with E-state index in [1.54, 1.807) is 0 Å². The second-order valence-corrected chi connectivity index (χ2v) is 2.65. The van der Waals surface area contributed by atoms with E-state index in [1.807, 2.05) is 0 Å². The third kappa shape index (κ3) is 2.86. The summed E-state index contributed by atoms with van der Waals surface area (Å²) in [6, 6.07) is 0. The van der Waals surface area contributed by atoms with Crippen molar-refractivity contribution >= 4 is 5.84 Å². The summed E-state index contributed by atoms with van der Waals surface area (Å²) in [6.07, 6.45) is 1.40. The minimum absolute atomic E-state index is 0.194. The van der Waals surface area contributed by atoms with Crippen LogP contribution in [0.5, 0.6) is 0 Å². The van der Waals surface area contributed by atoms with Crippen molar-refractivity contribution < 1.29 is 10.2 Å². The Kier molecular flexibility index (Phi) is 3.32. The molecule has 4 nitrogen and oxygen atoms in total. The van der Waals surface area contributed by atoms with Gasteiger partial charge in [-0.25, -0.2) is 0 Å². The fourth-order valence-electron chi connectivity index (χ4n) is 0.984. The molecule has 0 aromatic heterocycles. The minimum Gasteiger partial charge on any atom is -0.394 e. The van der Waals surface area contributed by atoms with Crippen molar-refractivity contribution in [1.29, 1.82) is 0 Å². The fourth-order valence-corrected chi connectivity index (χ4v) is 0.984. The van der Waals surface area contributed by atoms with Gasteiger partial charge in [0.2, 0.25) is 0 Å². The molecule has 0 saturated carbocycles. The highest BCUT2D eigenvalue weighted by Gasteiger charge is 2.07. The first-order valence-electron chi connectivity index (χ1n) is 3.89. The highest BCUT2D eigenvalue weighted by Crippen LogP contribution is 2.00. The van der Waals surface area contributed by atoms with Crippen LogP contribution in [0.2, 0.25) is 0 Å². The van der Waals surface area contributed by atoms with Gasteiger partial charge in [0.15, 0.2) is 0 Å². The first kappa shape index (κ1) is 8.49. The van der Waals surface area contributed by atoms with Crippen molar-refractivity contribution in [2.45, 2.75) is 18.9 Å². The van der Waals surface area contributed by atoms with E-state index in [-0.39, 0.29) is 6.61 Å². The Morgan fingerprint density at radius 3 is 3.00 bits per heavy atom. The summed E-state index contributed by atoms with van der Waals surface area (Å²) in [5.74, 6) is 0.956. The van der Waals surface area contributed by atoms with Crippen LogP contribution in [-0.2, 0) is 0 Å². The summed E-state index contributed by atoms with van der Waals surface area (Å²) in [4.78, 5) is 4.15. The van der Waals surface area contributed by atoms with Crippen LogP contribution in [0.15, 0.2) is 4.99 Å². The molecule has 0 fully saturated rings. The van der Waals surface area contributed by atoms with Gasteiger partial charge in [0, 0.05) is 19.5 Å². The molecule has 64 valence electrons. The van der Waals surface area contributed by atoms with Gasteiger partial charge in [0.25, 0.3) is 0 Å². The van der Waals surface area contributed by atoms with E-state index < -0.39 is 6.10 Å². The predicted octanol–water partition coefficient (Wildman–Crippen LogP) is -0.878. The van der Waals surface area contributed by atoms with E-state index in [0.717, 1.165) is 25.2 Å². The maximum absolute atomic E-state index is 8.95. The highest BCUT2D eigenvalue weighted by atomic mass is 16.3. The fraction of sp³-hybridized carbons (Fsp3) is 0.857. The Morgan fingerprint density at radius 2 is 2.45 bits per heavy atom. The van der Waals surface area contributed by atoms with Gasteiger partial charge in [-0.1, -0.05) is 0 Å². The second-order valence-electron chi connectivity index (χ2n) is 2.65. The maximum atomic E-state index is 8.95. The Labute approximate surface area is 66.0 Å². The number of rotatable bonds is 3. The Bertz CT molecular complexity index is 147. The van der Waals surface area contributed by atoms with Crippen LogP contribution < -0.4 is 5.32 Å². The normalized spacial score (nSPS) is 19.6. The van der Waals surface area contributed by atoms with Crippen LogP contribution in [0.25, 0.3) is 0 Å². The SMILES string of the molecule is OCC(O)CNC1=NCCC1. The van der Waals surface area contributed by atoms with Gasteiger partial charge in [-0.3, -0.25) is 4.99 Å². The second kappa shape index (κ2) is 4.31. The van der Waals surface area contributed by atoms with Crippen molar-refractivity contribution in [3.63, 3.8) is 0 Å². The molecule has 0 aliphatic carbocycles. The Hall–Kier alpha value is -0.610. The van der Waals surface area contributed by atoms with Crippen molar-refractivity contribution in [3.05, 3.63) is 0 Å². The van der Waals surface area contributed by atoms with Gasteiger partial charge in [-0.15, -0.1) is 0 Å². The lowest BCUT2D eigenvalue weighted by Gasteiger charge is -2.08. The van der Waals surface area contributed by atoms with Crippen molar-refractivity contribution in [2.75, 3.05) is 19.7 Å². The van der Waals surface area contributed by atoms with Crippen molar-refractivity contribution in [3.8, 4) is 0 Å². The van der Waals surface area contributed by atoms with Gasteiger partial charge < -0.3 is 15.5 Å². The van der Waals surface area contributed by atoms with Crippen molar-refractivity contribution in [1.82, 2.24) is 5.32 Å². The summed E-state index contributed by atoms with van der Waals surface area (Å²) < 4.78 is 0. The molecular formula is C7H14N2O2. The molecule has 11 heavy (non-hydrogen) atoms. The van der Waals surface area contributed by atoms with E-state index >= 15 is 0 Å². The van der Waals surface area contributed by atoms with E-state index in [0.29, 0.717) is 6.54 Å². The smallest absolute Gasteiger partial charge is 0.0964 e. The lowest BCUT2D eigenvalue weighted by atomic mass is 10.3. The molecule has 3 N–H and O–H groups in total. The molecular weight excluding hydrogens is 144 g/mol. The van der Waals surface area contributed by atoms with E-state index in [2.05, 4.69) is 10.3 Å². The van der Waals surface area contributed by atoms with Gasteiger partial charge in [-0.05, 0) is 6.42 Å². The zero-order valence-electron chi connectivity index (χ0n) is 6.45. The molecule has 0 aromatic rings. The number of amidine groups is 1. The average molecular weight is 158 g/mol. The zero-order chi connectivity index (χ0) is 8.10. The number of hydrogen-bond acceptors (Lipinski definition) is 4. The molecule has 0 aromatic carbocycles. The van der Waals surface area contributed by atoms with E-state index in [9.17, 15) is 0 Å². The number of aliphatic hydroxyl groups excluding tert-OH is 2. The molecule has 4 heteroatoms. The number of hydrogen-bond donors (Lipinski definition) is 3. The molecule has 1 atom stereocenters. The molecule has 1 unspecified atom stereocenters. The van der Waals surface area contributed by atoms with E-state index in [1.165, 1.54) is 0 Å². The van der Waals surface area contributed by atoms with Crippen LogP contribution in [0, 0.1) is 0 Å². The summed E-state index contributed by atoms with van der Waals surface area (Å²) >= 11 is 0. The monoisotopic (exact) mass is 158 g/mol. The summed E-state index contributed by atoms with van der Waals surface area (Å²) in [5, 5.41) is 20.4. The molecule has 0 saturated heterocycles. The molecule has 0 amide bonds. The third-order valence-corrected chi connectivity index (χ3v) is 1.63. The first-order valence-corrected chi connectivity index (χ1v) is 3.89. The third-order valence-electron chi connectivity index (χ3n) is 1.63. The van der Waals surface area contributed by atoms with Crippen LogP contribution in [0.4, 0.5) is 0 Å². The molecule has 0 spiro atoms. The number of aliphatic imine (C=N–C) groups is 1. The largest absolute Gasteiger partial charge is 0.394 e. The maximum Gasteiger partial charge on any atom is 0.0964 e. The van der Waals surface area contributed by atoms with Gasteiger partial charge >= 0.3 is 0 Å². The number of nitrogens with one attached hydrogen (secondary N) is 1. The number of nitrogens with zero attached hydrogens (tertiary/aromatic N) is 1. The van der Waals surface area contributed by atoms with Gasteiger partial charge in [-0.2, -0.15) is 0 Å². The quantitative estimate of drug-likeness (QED) is 0.500. The molecule has 1 rings (SSSR count). The summed E-state index contributed by atoms with van der Waals surface area (Å²) in [7, 11) is 0. The molecule has 0 bridgehead atoms. The van der Waals surface area contributed by atoms with Gasteiger partial charge in [0.05, 0.1) is 18.5 Å².